The van der Waals surface area contributed by atoms with E-state index >= 15 is 0 Å². The van der Waals surface area contributed by atoms with Gasteiger partial charge in [0.05, 0.1) is 11.2 Å². The summed E-state index contributed by atoms with van der Waals surface area (Å²) < 4.78 is 0. The molecule has 1 atom stereocenters. The van der Waals surface area contributed by atoms with Crippen LogP contribution in [-0.4, -0.2) is 36.6 Å². The Morgan fingerprint density at radius 2 is 2.33 bits per heavy atom. The lowest BCUT2D eigenvalue weighted by Crippen LogP contribution is -2.38. The Bertz CT molecular complexity index is 384. The fraction of sp³-hybridized carbons (Fsp3) is 0.786. The van der Waals surface area contributed by atoms with Gasteiger partial charge in [-0.25, -0.2) is 4.98 Å². The van der Waals surface area contributed by atoms with Crippen LogP contribution < -0.4 is 5.32 Å². The van der Waals surface area contributed by atoms with E-state index in [1.54, 1.807) is 0 Å². The highest BCUT2D eigenvalue weighted by Crippen LogP contribution is 2.42. The summed E-state index contributed by atoms with van der Waals surface area (Å²) in [5.41, 5.74) is 3.45. The lowest BCUT2D eigenvalue weighted by molar-refractivity contribution is 0.167. The third-order valence-corrected chi connectivity index (χ3v) is 4.93. The molecule has 1 unspecified atom stereocenters. The van der Waals surface area contributed by atoms with Crippen LogP contribution in [0.15, 0.2) is 5.51 Å². The molecule has 0 aromatic carbocycles. The zero-order chi connectivity index (χ0) is 12.4. The van der Waals surface area contributed by atoms with Crippen LogP contribution in [0.5, 0.6) is 0 Å². The lowest BCUT2D eigenvalue weighted by Gasteiger charge is -2.32. The van der Waals surface area contributed by atoms with E-state index in [1.165, 1.54) is 49.3 Å². The van der Waals surface area contributed by atoms with Gasteiger partial charge in [-0.05, 0) is 51.7 Å². The van der Waals surface area contributed by atoms with Crippen molar-refractivity contribution < 1.29 is 0 Å². The Morgan fingerprint density at radius 3 is 3.11 bits per heavy atom. The summed E-state index contributed by atoms with van der Waals surface area (Å²) in [6.07, 6.45) is 5.46. The highest BCUT2D eigenvalue weighted by atomic mass is 32.1. The molecule has 1 aromatic rings. The second-order valence-corrected chi connectivity index (χ2v) is 6.68. The Hall–Kier alpha value is -0.450. The molecule has 3 nitrogen and oxygen atoms in total. The largest absolute Gasteiger partial charge is 0.319 e. The molecule has 2 aliphatic rings. The number of hydrogen-bond donors (Lipinski definition) is 1. The number of nitrogens with one attached hydrogen (secondary N) is 1. The average Bonchev–Trinajstić information content (AvgIpc) is 3.12. The van der Waals surface area contributed by atoms with Crippen molar-refractivity contribution in [3.63, 3.8) is 0 Å². The van der Waals surface area contributed by atoms with Gasteiger partial charge >= 0.3 is 0 Å². The van der Waals surface area contributed by atoms with Gasteiger partial charge in [0.1, 0.15) is 0 Å². The minimum absolute atomic E-state index is 0.796. The second-order valence-electron chi connectivity index (χ2n) is 5.74. The molecule has 2 heterocycles. The predicted octanol–water partition coefficient (Wildman–Crippen LogP) is 2.45. The van der Waals surface area contributed by atoms with Crippen LogP contribution in [0.1, 0.15) is 42.2 Å². The number of rotatable bonds is 5. The number of thiazole rings is 1. The summed E-state index contributed by atoms with van der Waals surface area (Å²) in [5.74, 6) is 1.63. The summed E-state index contributed by atoms with van der Waals surface area (Å²) in [6, 6.07) is 0. The Balaban J connectivity index is 1.59. The molecule has 0 bridgehead atoms. The predicted molar refractivity (Wildman–Crippen MR) is 76.0 cm³/mol. The zero-order valence-corrected chi connectivity index (χ0v) is 12.0. The third-order valence-electron chi connectivity index (χ3n) is 4.10. The first-order chi connectivity index (χ1) is 8.86. The number of hydrogen-bond acceptors (Lipinski definition) is 4. The Kier molecular flexibility index (Phi) is 3.97. The van der Waals surface area contributed by atoms with Crippen molar-refractivity contribution in [1.82, 2.24) is 15.2 Å². The van der Waals surface area contributed by atoms with Crippen molar-refractivity contribution in [3.05, 3.63) is 16.1 Å². The van der Waals surface area contributed by atoms with Gasteiger partial charge in [-0.1, -0.05) is 0 Å². The molecule has 4 heteroatoms. The number of aromatic nitrogens is 1. The summed E-state index contributed by atoms with van der Waals surface area (Å²) in [4.78, 5) is 8.74. The van der Waals surface area contributed by atoms with Crippen molar-refractivity contribution >= 4 is 11.3 Å². The molecule has 18 heavy (non-hydrogen) atoms. The molecule has 3 rings (SSSR count). The van der Waals surface area contributed by atoms with Crippen LogP contribution in [0, 0.1) is 5.92 Å². The SMILES string of the molecule is CNCC1CCCN(Cc2scnc2C2CC2)C1. The molecule has 0 amide bonds. The van der Waals surface area contributed by atoms with E-state index in [0.29, 0.717) is 0 Å². The Labute approximate surface area is 114 Å². The molecule has 100 valence electrons. The first-order valence-electron chi connectivity index (χ1n) is 7.16. The smallest absolute Gasteiger partial charge is 0.0798 e. The molecule has 1 aliphatic heterocycles. The highest BCUT2D eigenvalue weighted by molar-refractivity contribution is 7.09. The van der Waals surface area contributed by atoms with Crippen molar-refractivity contribution in [1.29, 1.82) is 0 Å². The molecular formula is C14H23N3S. The van der Waals surface area contributed by atoms with Gasteiger partial charge in [0.25, 0.3) is 0 Å². The monoisotopic (exact) mass is 265 g/mol. The molecule has 1 saturated heterocycles. The van der Waals surface area contributed by atoms with E-state index in [2.05, 4.69) is 22.2 Å². The average molecular weight is 265 g/mol. The number of likely N-dealkylation sites (tertiary alicyclic amines) is 1. The number of piperidine rings is 1. The van der Waals surface area contributed by atoms with Crippen LogP contribution >= 0.6 is 11.3 Å². The summed E-state index contributed by atoms with van der Waals surface area (Å²) in [6.45, 7) is 4.82. The normalized spacial score (nSPS) is 25.5. The van der Waals surface area contributed by atoms with Crippen molar-refractivity contribution in [3.8, 4) is 0 Å². The lowest BCUT2D eigenvalue weighted by atomic mass is 9.98. The molecule has 0 radical (unpaired) electrons. The first kappa shape index (κ1) is 12.6. The van der Waals surface area contributed by atoms with Crippen LogP contribution in [0.4, 0.5) is 0 Å². The van der Waals surface area contributed by atoms with Gasteiger partial charge in [0, 0.05) is 23.9 Å². The fourth-order valence-electron chi connectivity index (χ4n) is 3.04. The van der Waals surface area contributed by atoms with E-state index < -0.39 is 0 Å². The topological polar surface area (TPSA) is 28.2 Å². The number of nitrogens with zero attached hydrogens (tertiary/aromatic N) is 2. The maximum Gasteiger partial charge on any atom is 0.0798 e. The van der Waals surface area contributed by atoms with E-state index in [4.69, 9.17) is 0 Å². The standard InChI is InChI=1S/C14H23N3S/c1-15-7-11-3-2-6-17(8-11)9-13-14(12-4-5-12)16-10-18-13/h10-12,15H,2-9H2,1H3. The van der Waals surface area contributed by atoms with E-state index in [9.17, 15) is 0 Å². The summed E-state index contributed by atoms with van der Waals surface area (Å²) >= 11 is 1.86. The molecule has 1 N–H and O–H groups in total. The third kappa shape index (κ3) is 2.92. The molecule has 1 saturated carbocycles. The molecule has 1 aromatic heterocycles. The van der Waals surface area contributed by atoms with Gasteiger partial charge in [-0.15, -0.1) is 11.3 Å². The van der Waals surface area contributed by atoms with Gasteiger partial charge in [-0.2, -0.15) is 0 Å². The van der Waals surface area contributed by atoms with Crippen LogP contribution in [-0.2, 0) is 6.54 Å². The zero-order valence-electron chi connectivity index (χ0n) is 11.2. The first-order valence-corrected chi connectivity index (χ1v) is 8.04. The van der Waals surface area contributed by atoms with Crippen LogP contribution in [0.3, 0.4) is 0 Å². The quantitative estimate of drug-likeness (QED) is 0.886. The maximum atomic E-state index is 4.58. The summed E-state index contributed by atoms with van der Waals surface area (Å²) in [5, 5.41) is 3.32. The molecule has 1 aliphatic carbocycles. The van der Waals surface area contributed by atoms with Crippen molar-refractivity contribution in [2.45, 2.75) is 38.1 Å². The van der Waals surface area contributed by atoms with Gasteiger partial charge in [-0.3, -0.25) is 4.90 Å². The maximum absolute atomic E-state index is 4.58. The molecular weight excluding hydrogens is 242 g/mol. The van der Waals surface area contributed by atoms with Gasteiger partial charge in [0.15, 0.2) is 0 Å². The van der Waals surface area contributed by atoms with Crippen LogP contribution in [0.25, 0.3) is 0 Å². The van der Waals surface area contributed by atoms with E-state index in [0.717, 1.165) is 24.9 Å². The highest BCUT2D eigenvalue weighted by Gasteiger charge is 2.29. The van der Waals surface area contributed by atoms with Crippen molar-refractivity contribution in [2.75, 3.05) is 26.7 Å². The van der Waals surface area contributed by atoms with E-state index in [1.807, 2.05) is 16.8 Å². The molecule has 0 spiro atoms. The van der Waals surface area contributed by atoms with Crippen molar-refractivity contribution in [2.24, 2.45) is 5.92 Å². The summed E-state index contributed by atoms with van der Waals surface area (Å²) in [7, 11) is 2.06. The van der Waals surface area contributed by atoms with E-state index in [-0.39, 0.29) is 0 Å². The second kappa shape index (κ2) is 5.68. The fourth-order valence-corrected chi connectivity index (χ4v) is 3.93. The minimum Gasteiger partial charge on any atom is -0.319 e. The Morgan fingerprint density at radius 1 is 1.44 bits per heavy atom. The van der Waals surface area contributed by atoms with Gasteiger partial charge in [0.2, 0.25) is 0 Å². The minimum atomic E-state index is 0.796. The molecule has 2 fully saturated rings. The van der Waals surface area contributed by atoms with Gasteiger partial charge < -0.3 is 5.32 Å². The van der Waals surface area contributed by atoms with Crippen LogP contribution in [0.2, 0.25) is 0 Å².